The summed E-state index contributed by atoms with van der Waals surface area (Å²) < 4.78 is 5.38. The third-order valence-electron chi connectivity index (χ3n) is 3.09. The summed E-state index contributed by atoms with van der Waals surface area (Å²) >= 11 is 0. The highest BCUT2D eigenvalue weighted by atomic mass is 16.6. The molecule has 0 radical (unpaired) electrons. The minimum absolute atomic E-state index is 0.192. The number of carbonyl (C=O) groups excluding carboxylic acids is 1. The molecule has 15 heavy (non-hydrogen) atoms. The number of piperidine rings is 1. The number of carbonyl (C=O) groups is 1. The van der Waals surface area contributed by atoms with Crippen LogP contribution in [0.3, 0.4) is 0 Å². The number of fused-ring (bicyclic) bond motifs is 1. The Kier molecular flexibility index (Phi) is 2.41. The van der Waals surface area contributed by atoms with Gasteiger partial charge in [0.2, 0.25) is 0 Å². The molecule has 0 bridgehead atoms. The maximum absolute atomic E-state index is 11.9. The molecule has 4 nitrogen and oxygen atoms in total. The molecule has 1 heterocycles. The molecule has 86 valence electrons. The fourth-order valence-corrected chi connectivity index (χ4v) is 2.37. The minimum atomic E-state index is -0.413. The molecule has 0 aromatic carbocycles. The first-order valence-electron chi connectivity index (χ1n) is 5.64. The number of nitrogens with two attached hydrogens (primary N) is 1. The minimum Gasteiger partial charge on any atom is -0.444 e. The van der Waals surface area contributed by atoms with Crippen molar-refractivity contribution in [3.8, 4) is 0 Å². The number of nitrogens with zero attached hydrogens (tertiary/aromatic N) is 1. The molecule has 0 aromatic rings. The number of amides is 1. The molecular weight excluding hydrogens is 192 g/mol. The van der Waals surface area contributed by atoms with Gasteiger partial charge in [-0.15, -0.1) is 0 Å². The molecular formula is C11H20N2O2. The SMILES string of the molecule is CC(C)(C)OC(=O)N1[C@H](CN)C[C@H]2C[C@H]21. The van der Waals surface area contributed by atoms with Gasteiger partial charge >= 0.3 is 6.09 Å². The van der Waals surface area contributed by atoms with Gasteiger partial charge in [-0.05, 0) is 39.5 Å². The van der Waals surface area contributed by atoms with Crippen molar-refractivity contribution in [3.05, 3.63) is 0 Å². The molecule has 4 heteroatoms. The van der Waals surface area contributed by atoms with Crippen molar-refractivity contribution in [1.82, 2.24) is 4.90 Å². The largest absolute Gasteiger partial charge is 0.444 e. The predicted molar refractivity (Wildman–Crippen MR) is 57.4 cm³/mol. The average molecular weight is 212 g/mol. The smallest absolute Gasteiger partial charge is 0.410 e. The molecule has 1 amide bonds. The monoisotopic (exact) mass is 212 g/mol. The fourth-order valence-electron chi connectivity index (χ4n) is 2.37. The van der Waals surface area contributed by atoms with E-state index < -0.39 is 5.60 Å². The second kappa shape index (κ2) is 3.37. The van der Waals surface area contributed by atoms with E-state index in [0.717, 1.165) is 12.8 Å². The molecule has 2 aliphatic rings. The van der Waals surface area contributed by atoms with E-state index in [4.69, 9.17) is 10.5 Å². The van der Waals surface area contributed by atoms with Gasteiger partial charge in [0, 0.05) is 18.6 Å². The zero-order chi connectivity index (χ0) is 11.2. The molecule has 0 aromatic heterocycles. The number of ether oxygens (including phenoxy) is 1. The lowest BCUT2D eigenvalue weighted by atomic mass is 10.2. The van der Waals surface area contributed by atoms with Crippen LogP contribution >= 0.6 is 0 Å². The first-order valence-corrected chi connectivity index (χ1v) is 5.64. The van der Waals surface area contributed by atoms with Gasteiger partial charge < -0.3 is 15.4 Å². The Morgan fingerprint density at radius 2 is 2.13 bits per heavy atom. The molecule has 2 rings (SSSR count). The Morgan fingerprint density at radius 3 is 2.67 bits per heavy atom. The molecule has 1 saturated heterocycles. The quantitative estimate of drug-likeness (QED) is 0.713. The van der Waals surface area contributed by atoms with Gasteiger partial charge in [-0.25, -0.2) is 4.79 Å². The van der Waals surface area contributed by atoms with Crippen molar-refractivity contribution in [2.75, 3.05) is 6.54 Å². The summed E-state index contributed by atoms with van der Waals surface area (Å²) in [6.07, 6.45) is 2.00. The third-order valence-corrected chi connectivity index (χ3v) is 3.09. The van der Waals surface area contributed by atoms with Gasteiger partial charge in [-0.2, -0.15) is 0 Å². The highest BCUT2D eigenvalue weighted by Gasteiger charge is 2.54. The van der Waals surface area contributed by atoms with Crippen molar-refractivity contribution < 1.29 is 9.53 Å². The lowest BCUT2D eigenvalue weighted by molar-refractivity contribution is 0.0191. The van der Waals surface area contributed by atoms with Gasteiger partial charge in [0.1, 0.15) is 5.60 Å². The van der Waals surface area contributed by atoms with E-state index in [9.17, 15) is 4.79 Å². The van der Waals surface area contributed by atoms with E-state index >= 15 is 0 Å². The summed E-state index contributed by atoms with van der Waals surface area (Å²) in [5.74, 6) is 0.686. The van der Waals surface area contributed by atoms with Crippen LogP contribution in [0.4, 0.5) is 4.79 Å². The third kappa shape index (κ3) is 2.09. The molecule has 0 spiro atoms. The molecule has 1 aliphatic carbocycles. The van der Waals surface area contributed by atoms with Crippen LogP contribution in [0, 0.1) is 5.92 Å². The van der Waals surface area contributed by atoms with Gasteiger partial charge in [0.15, 0.2) is 0 Å². The zero-order valence-electron chi connectivity index (χ0n) is 9.69. The Hall–Kier alpha value is -0.770. The molecule has 3 atom stereocenters. The summed E-state index contributed by atoms with van der Waals surface area (Å²) in [7, 11) is 0. The standard InChI is InChI=1S/C11H20N2O2/c1-11(2,3)15-10(14)13-8(6-12)4-7-5-9(7)13/h7-9H,4-6,12H2,1-3H3/t7-,8-,9+/m0/s1. The molecule has 2 N–H and O–H groups in total. The highest BCUT2D eigenvalue weighted by Crippen LogP contribution is 2.47. The van der Waals surface area contributed by atoms with Gasteiger partial charge in [0.05, 0.1) is 0 Å². The predicted octanol–water partition coefficient (Wildman–Crippen LogP) is 1.34. The zero-order valence-corrected chi connectivity index (χ0v) is 9.69. The van der Waals surface area contributed by atoms with E-state index in [1.165, 1.54) is 0 Å². The summed E-state index contributed by atoms with van der Waals surface area (Å²) in [5, 5.41) is 0. The van der Waals surface area contributed by atoms with E-state index in [1.54, 1.807) is 0 Å². The molecule has 1 saturated carbocycles. The summed E-state index contributed by atoms with van der Waals surface area (Å²) in [4.78, 5) is 13.8. The van der Waals surface area contributed by atoms with Crippen LogP contribution < -0.4 is 5.73 Å². The van der Waals surface area contributed by atoms with E-state index in [1.807, 2.05) is 25.7 Å². The van der Waals surface area contributed by atoms with E-state index in [-0.39, 0.29) is 12.1 Å². The average Bonchev–Trinajstić information content (AvgIpc) is 2.73. The molecule has 1 aliphatic heterocycles. The fraction of sp³-hybridized carbons (Fsp3) is 0.909. The Morgan fingerprint density at radius 1 is 1.47 bits per heavy atom. The second-order valence-corrected chi connectivity index (χ2v) is 5.58. The van der Waals surface area contributed by atoms with E-state index in [2.05, 4.69) is 0 Å². The van der Waals surface area contributed by atoms with Crippen molar-refractivity contribution in [2.24, 2.45) is 11.7 Å². The van der Waals surface area contributed by atoms with Crippen LogP contribution in [-0.4, -0.2) is 35.2 Å². The van der Waals surface area contributed by atoms with Gasteiger partial charge in [-0.3, -0.25) is 0 Å². The van der Waals surface area contributed by atoms with Crippen molar-refractivity contribution in [2.45, 2.75) is 51.3 Å². The lowest BCUT2D eigenvalue weighted by Gasteiger charge is -2.29. The normalized spacial score (nSPS) is 33.9. The summed E-state index contributed by atoms with van der Waals surface area (Å²) in [6, 6.07) is 0.608. The number of hydrogen-bond acceptors (Lipinski definition) is 3. The first-order chi connectivity index (χ1) is 6.92. The number of hydrogen-bond donors (Lipinski definition) is 1. The summed E-state index contributed by atoms with van der Waals surface area (Å²) in [5.41, 5.74) is 5.25. The lowest BCUT2D eigenvalue weighted by Crippen LogP contribution is -2.45. The van der Waals surface area contributed by atoms with Crippen molar-refractivity contribution >= 4 is 6.09 Å². The molecule has 0 unspecified atom stereocenters. The maximum Gasteiger partial charge on any atom is 0.410 e. The second-order valence-electron chi connectivity index (χ2n) is 5.58. The number of rotatable bonds is 1. The summed E-state index contributed by atoms with van der Waals surface area (Å²) in [6.45, 7) is 6.22. The van der Waals surface area contributed by atoms with Crippen LogP contribution in [0.1, 0.15) is 33.6 Å². The van der Waals surface area contributed by atoms with Gasteiger partial charge in [0.25, 0.3) is 0 Å². The van der Waals surface area contributed by atoms with Crippen molar-refractivity contribution in [3.63, 3.8) is 0 Å². The van der Waals surface area contributed by atoms with Crippen molar-refractivity contribution in [1.29, 1.82) is 0 Å². The van der Waals surface area contributed by atoms with Gasteiger partial charge in [-0.1, -0.05) is 0 Å². The Bertz CT molecular complexity index is 272. The van der Waals surface area contributed by atoms with Crippen LogP contribution in [0.5, 0.6) is 0 Å². The van der Waals surface area contributed by atoms with Crippen LogP contribution in [0.15, 0.2) is 0 Å². The highest BCUT2D eigenvalue weighted by molar-refractivity contribution is 5.70. The Labute approximate surface area is 90.8 Å². The maximum atomic E-state index is 11.9. The topological polar surface area (TPSA) is 55.6 Å². The first kappa shape index (κ1) is 10.7. The number of likely N-dealkylation sites (tertiary alicyclic amines) is 1. The Balaban J connectivity index is 1.99. The van der Waals surface area contributed by atoms with E-state index in [0.29, 0.717) is 18.5 Å². The molecule has 2 fully saturated rings. The van der Waals surface area contributed by atoms with Crippen LogP contribution in [0.2, 0.25) is 0 Å². The van der Waals surface area contributed by atoms with Crippen LogP contribution in [0.25, 0.3) is 0 Å². The van der Waals surface area contributed by atoms with Crippen LogP contribution in [-0.2, 0) is 4.74 Å².